The predicted molar refractivity (Wildman–Crippen MR) is 82.8 cm³/mol. The molecule has 0 bridgehead atoms. The Labute approximate surface area is 138 Å². The Morgan fingerprint density at radius 2 is 1.83 bits per heavy atom. The highest BCUT2D eigenvalue weighted by atomic mass is 32.2. The standard InChI is InChI=1S/C14H12N6O3S/c1-9-10(2)19-23-14(9)20-24(21,22)13-5-3-11(4-6-13)17-18-12(7-15)8-16/h3-6,12,20H,1-2H3. The van der Waals surface area contributed by atoms with Crippen molar-refractivity contribution in [2.45, 2.75) is 24.8 Å². The van der Waals surface area contributed by atoms with Crippen molar-refractivity contribution in [3.05, 3.63) is 35.5 Å². The van der Waals surface area contributed by atoms with Crippen LogP contribution >= 0.6 is 0 Å². The molecule has 0 saturated heterocycles. The number of rotatable bonds is 5. The third-order valence-corrected chi connectivity index (χ3v) is 4.41. The van der Waals surface area contributed by atoms with Crippen molar-refractivity contribution in [1.82, 2.24) is 5.16 Å². The van der Waals surface area contributed by atoms with Gasteiger partial charge in [-0.2, -0.15) is 20.8 Å². The van der Waals surface area contributed by atoms with Gasteiger partial charge in [-0.05, 0) is 38.1 Å². The number of aromatic nitrogens is 1. The van der Waals surface area contributed by atoms with Crippen molar-refractivity contribution in [1.29, 1.82) is 10.5 Å². The number of hydrogen-bond donors (Lipinski definition) is 1. The van der Waals surface area contributed by atoms with Crippen molar-refractivity contribution in [3.63, 3.8) is 0 Å². The lowest BCUT2D eigenvalue weighted by atomic mass is 10.3. The van der Waals surface area contributed by atoms with E-state index >= 15 is 0 Å². The number of nitrogens with one attached hydrogen (secondary N) is 1. The van der Waals surface area contributed by atoms with Gasteiger partial charge in [0.25, 0.3) is 10.0 Å². The summed E-state index contributed by atoms with van der Waals surface area (Å²) < 4.78 is 31.8. The van der Waals surface area contributed by atoms with E-state index in [4.69, 9.17) is 15.0 Å². The van der Waals surface area contributed by atoms with Crippen molar-refractivity contribution in [2.24, 2.45) is 10.2 Å². The van der Waals surface area contributed by atoms with Crippen LogP contribution in [0.3, 0.4) is 0 Å². The summed E-state index contributed by atoms with van der Waals surface area (Å²) in [6.45, 7) is 3.39. The molecule has 1 N–H and O–H groups in total. The van der Waals surface area contributed by atoms with Crippen LogP contribution in [0, 0.1) is 36.5 Å². The third-order valence-electron chi connectivity index (χ3n) is 3.06. The largest absolute Gasteiger partial charge is 0.337 e. The number of azo groups is 1. The molecule has 0 aliphatic rings. The van der Waals surface area contributed by atoms with Crippen LogP contribution in [-0.2, 0) is 10.0 Å². The SMILES string of the molecule is Cc1noc(NS(=O)(=O)c2ccc(N=NC(C#N)C#N)cc2)c1C. The molecule has 0 aliphatic carbocycles. The molecule has 0 unspecified atom stereocenters. The molecular formula is C14H12N6O3S. The molecule has 0 fully saturated rings. The lowest BCUT2D eigenvalue weighted by Crippen LogP contribution is -2.12. The Balaban J connectivity index is 2.19. The number of nitriles is 2. The van der Waals surface area contributed by atoms with Gasteiger partial charge in [0, 0.05) is 5.56 Å². The number of nitrogens with zero attached hydrogens (tertiary/aromatic N) is 5. The highest BCUT2D eigenvalue weighted by Gasteiger charge is 2.19. The first-order chi connectivity index (χ1) is 11.4. The molecule has 2 rings (SSSR count). The average Bonchev–Trinajstić information content (AvgIpc) is 2.88. The van der Waals surface area contributed by atoms with Crippen molar-refractivity contribution < 1.29 is 12.9 Å². The molecule has 10 heteroatoms. The van der Waals surface area contributed by atoms with Gasteiger partial charge in [0.15, 0.2) is 0 Å². The summed E-state index contributed by atoms with van der Waals surface area (Å²) in [5, 5.41) is 28.1. The number of anilines is 1. The fraction of sp³-hybridized carbons (Fsp3) is 0.214. The van der Waals surface area contributed by atoms with Gasteiger partial charge in [0.1, 0.15) is 12.1 Å². The Morgan fingerprint density at radius 1 is 1.21 bits per heavy atom. The summed E-state index contributed by atoms with van der Waals surface area (Å²) in [6.07, 6.45) is 0. The zero-order valence-corrected chi connectivity index (χ0v) is 13.6. The second-order valence-electron chi connectivity index (χ2n) is 4.70. The van der Waals surface area contributed by atoms with E-state index in [1.165, 1.54) is 24.3 Å². The number of benzene rings is 1. The summed E-state index contributed by atoms with van der Waals surface area (Å²) in [4.78, 5) is -0.00739. The van der Waals surface area contributed by atoms with E-state index in [0.29, 0.717) is 16.9 Å². The quantitative estimate of drug-likeness (QED) is 0.825. The molecule has 122 valence electrons. The number of aryl methyl sites for hydroxylation is 1. The Hall–Kier alpha value is -3.24. The van der Waals surface area contributed by atoms with Gasteiger partial charge in [-0.25, -0.2) is 13.1 Å². The Bertz CT molecular complexity index is 934. The van der Waals surface area contributed by atoms with Gasteiger partial charge in [-0.15, -0.1) is 0 Å². The highest BCUT2D eigenvalue weighted by Crippen LogP contribution is 2.23. The van der Waals surface area contributed by atoms with Gasteiger partial charge in [0.2, 0.25) is 11.9 Å². The predicted octanol–water partition coefficient (Wildman–Crippen LogP) is 2.59. The van der Waals surface area contributed by atoms with Gasteiger partial charge in [-0.3, -0.25) is 0 Å². The normalized spacial score (nSPS) is 11.4. The summed E-state index contributed by atoms with van der Waals surface area (Å²) >= 11 is 0. The monoisotopic (exact) mass is 344 g/mol. The summed E-state index contributed by atoms with van der Waals surface area (Å²) in [7, 11) is -3.84. The summed E-state index contributed by atoms with van der Waals surface area (Å²) in [5.74, 6) is 0.0575. The maximum absolute atomic E-state index is 12.3. The fourth-order valence-electron chi connectivity index (χ4n) is 1.59. The van der Waals surface area contributed by atoms with Crippen molar-refractivity contribution in [2.75, 3.05) is 4.72 Å². The molecule has 0 aliphatic heterocycles. The molecule has 9 nitrogen and oxygen atoms in total. The van der Waals surface area contributed by atoms with E-state index in [1.807, 2.05) is 0 Å². The molecule has 0 radical (unpaired) electrons. The van der Waals surface area contributed by atoms with E-state index in [0.717, 1.165) is 0 Å². The first-order valence-electron chi connectivity index (χ1n) is 6.63. The van der Waals surface area contributed by atoms with Gasteiger partial charge in [-0.1, -0.05) is 5.16 Å². The van der Waals surface area contributed by atoms with E-state index in [-0.39, 0.29) is 10.8 Å². The summed E-state index contributed by atoms with van der Waals surface area (Å²) in [5.41, 5.74) is 1.51. The van der Waals surface area contributed by atoms with E-state index in [9.17, 15) is 8.42 Å². The first kappa shape index (κ1) is 17.1. The first-order valence-corrected chi connectivity index (χ1v) is 8.11. The molecule has 0 amide bonds. The van der Waals surface area contributed by atoms with Gasteiger partial charge in [0.05, 0.1) is 16.3 Å². The van der Waals surface area contributed by atoms with Crippen LogP contribution in [0.2, 0.25) is 0 Å². The van der Waals surface area contributed by atoms with Crippen LogP contribution in [0.15, 0.2) is 43.9 Å². The zero-order chi connectivity index (χ0) is 17.7. The average molecular weight is 344 g/mol. The zero-order valence-electron chi connectivity index (χ0n) is 12.8. The lowest BCUT2D eigenvalue weighted by Gasteiger charge is -2.05. The second kappa shape index (κ2) is 6.89. The van der Waals surface area contributed by atoms with E-state index < -0.39 is 16.1 Å². The Kier molecular flexibility index (Phi) is 4.92. The lowest BCUT2D eigenvalue weighted by molar-refractivity contribution is 0.430. The van der Waals surface area contributed by atoms with E-state index in [2.05, 4.69) is 20.1 Å². The van der Waals surface area contributed by atoms with Crippen LogP contribution in [0.25, 0.3) is 0 Å². The van der Waals surface area contributed by atoms with Crippen LogP contribution in [0.4, 0.5) is 11.6 Å². The minimum atomic E-state index is -3.84. The van der Waals surface area contributed by atoms with Crippen LogP contribution in [-0.4, -0.2) is 19.6 Å². The molecule has 24 heavy (non-hydrogen) atoms. The second-order valence-corrected chi connectivity index (χ2v) is 6.38. The molecule has 0 atom stereocenters. The molecule has 1 aromatic carbocycles. The molecule has 0 saturated carbocycles. The Morgan fingerprint density at radius 3 is 2.33 bits per heavy atom. The number of hydrogen-bond acceptors (Lipinski definition) is 8. The minimum absolute atomic E-state index is 0.00739. The molecular weight excluding hydrogens is 332 g/mol. The topological polar surface area (TPSA) is 144 Å². The third kappa shape index (κ3) is 3.74. The molecule has 0 spiro atoms. The molecule has 1 heterocycles. The van der Waals surface area contributed by atoms with Crippen LogP contribution in [0.5, 0.6) is 0 Å². The van der Waals surface area contributed by atoms with Crippen molar-refractivity contribution in [3.8, 4) is 12.1 Å². The number of sulfonamides is 1. The molecule has 1 aromatic heterocycles. The van der Waals surface area contributed by atoms with Crippen LogP contribution in [0.1, 0.15) is 11.3 Å². The van der Waals surface area contributed by atoms with Crippen LogP contribution < -0.4 is 4.72 Å². The molecule has 2 aromatic rings. The highest BCUT2D eigenvalue weighted by molar-refractivity contribution is 7.92. The summed E-state index contributed by atoms with van der Waals surface area (Å²) in [6, 6.07) is 7.55. The smallest absolute Gasteiger partial charge is 0.264 e. The van der Waals surface area contributed by atoms with Crippen molar-refractivity contribution >= 4 is 21.6 Å². The minimum Gasteiger partial charge on any atom is -0.337 e. The van der Waals surface area contributed by atoms with Gasteiger partial charge >= 0.3 is 0 Å². The fourth-order valence-corrected chi connectivity index (χ4v) is 2.64. The van der Waals surface area contributed by atoms with Gasteiger partial charge < -0.3 is 4.52 Å². The van der Waals surface area contributed by atoms with E-state index in [1.54, 1.807) is 26.0 Å². The maximum atomic E-state index is 12.3. The maximum Gasteiger partial charge on any atom is 0.264 e.